The predicted molar refractivity (Wildman–Crippen MR) is 93.6 cm³/mol. The van der Waals surface area contributed by atoms with Gasteiger partial charge in [0.05, 0.1) is 12.2 Å². The SMILES string of the molecule is O=C(NCCn1ccc(-c2ccsc2)n1)NC1CCCCCC1. The summed E-state index contributed by atoms with van der Waals surface area (Å²) in [6, 6.07) is 4.36. The number of rotatable bonds is 5. The molecule has 2 heterocycles. The van der Waals surface area contributed by atoms with Gasteiger partial charge >= 0.3 is 6.03 Å². The van der Waals surface area contributed by atoms with Gasteiger partial charge in [-0.15, -0.1) is 0 Å². The van der Waals surface area contributed by atoms with Crippen LogP contribution in [0.2, 0.25) is 0 Å². The van der Waals surface area contributed by atoms with Gasteiger partial charge in [-0.1, -0.05) is 25.7 Å². The van der Waals surface area contributed by atoms with E-state index in [0.717, 1.165) is 24.1 Å². The number of nitrogens with zero attached hydrogens (tertiary/aromatic N) is 2. The van der Waals surface area contributed by atoms with Crippen LogP contribution in [0.15, 0.2) is 29.1 Å². The van der Waals surface area contributed by atoms with E-state index in [-0.39, 0.29) is 6.03 Å². The van der Waals surface area contributed by atoms with E-state index in [1.807, 2.05) is 22.3 Å². The third kappa shape index (κ3) is 4.82. The minimum absolute atomic E-state index is 0.0536. The average Bonchev–Trinajstić information content (AvgIpc) is 3.16. The first-order valence-corrected chi connectivity index (χ1v) is 9.36. The summed E-state index contributed by atoms with van der Waals surface area (Å²) in [5, 5.41) is 14.7. The second-order valence-corrected chi connectivity index (χ2v) is 6.84. The largest absolute Gasteiger partial charge is 0.336 e. The van der Waals surface area contributed by atoms with Gasteiger partial charge in [0, 0.05) is 29.7 Å². The van der Waals surface area contributed by atoms with E-state index in [0.29, 0.717) is 19.1 Å². The maximum absolute atomic E-state index is 12.0. The molecule has 6 heteroatoms. The Bertz CT molecular complexity index is 600. The third-order valence-corrected chi connectivity index (χ3v) is 4.96. The van der Waals surface area contributed by atoms with Crippen LogP contribution in [-0.4, -0.2) is 28.4 Å². The summed E-state index contributed by atoms with van der Waals surface area (Å²) < 4.78 is 1.87. The van der Waals surface area contributed by atoms with E-state index in [2.05, 4.69) is 27.2 Å². The lowest BCUT2D eigenvalue weighted by Crippen LogP contribution is -2.42. The first-order valence-electron chi connectivity index (χ1n) is 8.41. The van der Waals surface area contributed by atoms with Gasteiger partial charge < -0.3 is 10.6 Å². The van der Waals surface area contributed by atoms with Gasteiger partial charge in [-0.2, -0.15) is 16.4 Å². The highest BCUT2D eigenvalue weighted by molar-refractivity contribution is 7.08. The van der Waals surface area contributed by atoms with Crippen molar-refractivity contribution in [1.29, 1.82) is 0 Å². The van der Waals surface area contributed by atoms with E-state index >= 15 is 0 Å². The molecule has 0 bridgehead atoms. The highest BCUT2D eigenvalue weighted by Gasteiger charge is 2.14. The van der Waals surface area contributed by atoms with Crippen LogP contribution in [0.3, 0.4) is 0 Å². The van der Waals surface area contributed by atoms with Crippen LogP contribution in [0.4, 0.5) is 4.79 Å². The van der Waals surface area contributed by atoms with Crippen molar-refractivity contribution in [3.63, 3.8) is 0 Å². The number of amides is 2. The molecule has 0 radical (unpaired) electrons. The van der Waals surface area contributed by atoms with Crippen molar-refractivity contribution in [2.75, 3.05) is 6.54 Å². The lowest BCUT2D eigenvalue weighted by molar-refractivity contribution is 0.235. The molecule has 2 aromatic heterocycles. The van der Waals surface area contributed by atoms with E-state index in [1.54, 1.807) is 11.3 Å². The molecule has 1 saturated carbocycles. The zero-order valence-electron chi connectivity index (χ0n) is 13.3. The van der Waals surface area contributed by atoms with Crippen molar-refractivity contribution in [2.24, 2.45) is 0 Å². The number of hydrogen-bond donors (Lipinski definition) is 2. The minimum Gasteiger partial charge on any atom is -0.336 e. The number of nitrogens with one attached hydrogen (secondary N) is 2. The summed E-state index contributed by atoms with van der Waals surface area (Å²) in [4.78, 5) is 12.0. The minimum atomic E-state index is -0.0536. The summed E-state index contributed by atoms with van der Waals surface area (Å²) in [5.74, 6) is 0. The quantitative estimate of drug-likeness (QED) is 0.821. The molecule has 2 N–H and O–H groups in total. The van der Waals surface area contributed by atoms with Crippen molar-refractivity contribution >= 4 is 17.4 Å². The normalized spacial score (nSPS) is 16.0. The van der Waals surface area contributed by atoms with Crippen molar-refractivity contribution in [1.82, 2.24) is 20.4 Å². The van der Waals surface area contributed by atoms with Crippen molar-refractivity contribution in [2.45, 2.75) is 51.1 Å². The van der Waals surface area contributed by atoms with Crippen LogP contribution in [0.1, 0.15) is 38.5 Å². The molecule has 0 unspecified atom stereocenters. The molecule has 2 aromatic rings. The standard InChI is InChI=1S/C17H24N4OS/c22-17(19-15-5-3-1-2-4-6-15)18-9-11-21-10-7-16(20-21)14-8-12-23-13-14/h7-8,10,12-13,15H,1-6,9,11H2,(H2,18,19,22). The molecule has 0 aliphatic heterocycles. The Morgan fingerprint density at radius 1 is 1.26 bits per heavy atom. The summed E-state index contributed by atoms with van der Waals surface area (Å²) >= 11 is 1.67. The zero-order chi connectivity index (χ0) is 15.9. The predicted octanol–water partition coefficient (Wildman–Crippen LogP) is 3.63. The van der Waals surface area contributed by atoms with Crippen LogP contribution in [0.5, 0.6) is 0 Å². The average molecular weight is 332 g/mol. The summed E-state index contributed by atoms with van der Waals surface area (Å²) in [6.07, 6.45) is 9.22. The van der Waals surface area contributed by atoms with Crippen molar-refractivity contribution in [3.05, 3.63) is 29.1 Å². The summed E-state index contributed by atoms with van der Waals surface area (Å²) in [7, 11) is 0. The van der Waals surface area contributed by atoms with E-state index in [4.69, 9.17) is 0 Å². The molecule has 2 amide bonds. The molecule has 3 rings (SSSR count). The molecular weight excluding hydrogens is 308 g/mol. The zero-order valence-corrected chi connectivity index (χ0v) is 14.1. The molecule has 124 valence electrons. The molecule has 1 aliphatic carbocycles. The molecule has 1 fully saturated rings. The Labute approximate surface area is 141 Å². The number of carbonyl (C=O) groups excluding carboxylic acids is 1. The van der Waals surface area contributed by atoms with Crippen LogP contribution in [-0.2, 0) is 6.54 Å². The molecule has 0 spiro atoms. The van der Waals surface area contributed by atoms with E-state index in [9.17, 15) is 4.79 Å². The Balaban J connectivity index is 1.39. The number of urea groups is 1. The lowest BCUT2D eigenvalue weighted by atomic mass is 10.1. The molecule has 1 aliphatic rings. The second kappa shape index (κ2) is 8.15. The Hall–Kier alpha value is -1.82. The molecule has 0 saturated heterocycles. The number of thiophene rings is 1. The van der Waals surface area contributed by atoms with E-state index < -0.39 is 0 Å². The maximum Gasteiger partial charge on any atom is 0.315 e. The maximum atomic E-state index is 12.0. The number of carbonyl (C=O) groups is 1. The fourth-order valence-electron chi connectivity index (χ4n) is 2.99. The smallest absolute Gasteiger partial charge is 0.315 e. The number of aromatic nitrogens is 2. The van der Waals surface area contributed by atoms with Crippen LogP contribution < -0.4 is 10.6 Å². The first kappa shape index (κ1) is 16.1. The molecule has 0 aromatic carbocycles. The highest BCUT2D eigenvalue weighted by Crippen LogP contribution is 2.19. The summed E-state index contributed by atoms with van der Waals surface area (Å²) in [5.41, 5.74) is 2.13. The van der Waals surface area contributed by atoms with Crippen LogP contribution in [0.25, 0.3) is 11.3 Å². The van der Waals surface area contributed by atoms with Crippen molar-refractivity contribution in [3.8, 4) is 11.3 Å². The summed E-state index contributed by atoms with van der Waals surface area (Å²) in [6.45, 7) is 1.27. The molecule has 0 atom stereocenters. The second-order valence-electron chi connectivity index (χ2n) is 6.06. The first-order chi connectivity index (χ1) is 11.3. The topological polar surface area (TPSA) is 59.0 Å². The fraction of sp³-hybridized carbons (Fsp3) is 0.529. The monoisotopic (exact) mass is 332 g/mol. The van der Waals surface area contributed by atoms with E-state index in [1.165, 1.54) is 25.7 Å². The Kier molecular flexibility index (Phi) is 5.69. The molecule has 5 nitrogen and oxygen atoms in total. The third-order valence-electron chi connectivity index (χ3n) is 4.27. The van der Waals surface area contributed by atoms with Crippen LogP contribution >= 0.6 is 11.3 Å². The Morgan fingerprint density at radius 2 is 2.09 bits per heavy atom. The highest BCUT2D eigenvalue weighted by atomic mass is 32.1. The molecular formula is C17H24N4OS. The Morgan fingerprint density at radius 3 is 2.83 bits per heavy atom. The lowest BCUT2D eigenvalue weighted by Gasteiger charge is -2.16. The van der Waals surface area contributed by atoms with Crippen LogP contribution in [0, 0.1) is 0 Å². The van der Waals surface area contributed by atoms with Gasteiger partial charge in [-0.3, -0.25) is 4.68 Å². The van der Waals surface area contributed by atoms with Gasteiger partial charge in [-0.25, -0.2) is 4.79 Å². The number of hydrogen-bond acceptors (Lipinski definition) is 3. The molecule has 23 heavy (non-hydrogen) atoms. The van der Waals surface area contributed by atoms with Gasteiger partial charge in [-0.05, 0) is 30.4 Å². The van der Waals surface area contributed by atoms with Gasteiger partial charge in [0.1, 0.15) is 0 Å². The van der Waals surface area contributed by atoms with Gasteiger partial charge in [0.25, 0.3) is 0 Å². The fourth-order valence-corrected chi connectivity index (χ4v) is 3.64. The van der Waals surface area contributed by atoms with Gasteiger partial charge in [0.2, 0.25) is 0 Å². The van der Waals surface area contributed by atoms with Gasteiger partial charge in [0.15, 0.2) is 0 Å². The van der Waals surface area contributed by atoms with Crippen molar-refractivity contribution < 1.29 is 4.79 Å².